The monoisotopic (exact) mass is 600 g/mol. The van der Waals surface area contributed by atoms with E-state index in [-0.39, 0.29) is 48.7 Å². The van der Waals surface area contributed by atoms with Crippen LogP contribution in [-0.4, -0.2) is 74.2 Å². The van der Waals surface area contributed by atoms with E-state index in [0.717, 1.165) is 22.3 Å². The van der Waals surface area contributed by atoms with E-state index in [9.17, 15) is 19.5 Å². The molecule has 3 aromatic rings. The van der Waals surface area contributed by atoms with E-state index in [0.29, 0.717) is 43.7 Å². The van der Waals surface area contributed by atoms with Crippen molar-refractivity contribution in [3.8, 4) is 22.6 Å². The third kappa shape index (κ3) is 5.34. The summed E-state index contributed by atoms with van der Waals surface area (Å²) in [5.41, 5.74) is 4.77. The molecule has 1 aliphatic carbocycles. The minimum Gasteiger partial charge on any atom is -0.493 e. The summed E-state index contributed by atoms with van der Waals surface area (Å²) in [7, 11) is 2.83. The Labute approximate surface area is 256 Å². The van der Waals surface area contributed by atoms with Crippen LogP contribution in [0.25, 0.3) is 11.1 Å². The molecule has 0 radical (unpaired) electrons. The van der Waals surface area contributed by atoms with Gasteiger partial charge in [-0.2, -0.15) is 0 Å². The number of carbonyl (C=O) groups is 3. The average Bonchev–Trinajstić information content (AvgIpc) is 3.65. The van der Waals surface area contributed by atoms with Crippen molar-refractivity contribution in [1.29, 1.82) is 0 Å². The van der Waals surface area contributed by atoms with E-state index in [2.05, 4.69) is 16.9 Å². The Balaban J connectivity index is 1.29. The van der Waals surface area contributed by atoms with Crippen molar-refractivity contribution in [3.63, 3.8) is 0 Å². The smallest absolute Gasteiger partial charge is 0.416 e. The van der Waals surface area contributed by atoms with Crippen LogP contribution in [0.4, 0.5) is 10.5 Å². The first-order chi connectivity index (χ1) is 21.4. The molecule has 230 valence electrons. The Morgan fingerprint density at radius 1 is 0.932 bits per heavy atom. The number of carbonyl (C=O) groups excluding carboxylic acids is 3. The SMILES string of the molecule is COC(=O)CCCCOc1cc2c(cc1OC)C(=O)N1CCC[C@H]1C(O)N2C(=O)OCC1c2ccccc2-c2ccccc21. The fourth-order valence-corrected chi connectivity index (χ4v) is 6.54. The van der Waals surface area contributed by atoms with Gasteiger partial charge >= 0.3 is 12.1 Å². The number of aliphatic hydroxyl groups is 1. The average molecular weight is 601 g/mol. The minimum absolute atomic E-state index is 0.0629. The fraction of sp³-hybridized carbons (Fsp3) is 0.382. The van der Waals surface area contributed by atoms with Crippen LogP contribution in [0, 0.1) is 0 Å². The summed E-state index contributed by atoms with van der Waals surface area (Å²) in [5.74, 6) is -0.121. The Kier molecular flexibility index (Phi) is 8.43. The molecular formula is C34H36N2O8. The van der Waals surface area contributed by atoms with Crippen LogP contribution in [0.3, 0.4) is 0 Å². The molecule has 2 atom stereocenters. The summed E-state index contributed by atoms with van der Waals surface area (Å²) in [5, 5.41) is 11.6. The van der Waals surface area contributed by atoms with E-state index >= 15 is 0 Å². The van der Waals surface area contributed by atoms with Crippen LogP contribution in [0.5, 0.6) is 11.5 Å². The molecule has 0 bridgehead atoms. The van der Waals surface area contributed by atoms with Crippen LogP contribution in [0.15, 0.2) is 60.7 Å². The highest BCUT2D eigenvalue weighted by Crippen LogP contribution is 2.45. The lowest BCUT2D eigenvalue weighted by Gasteiger charge is -2.32. The van der Waals surface area contributed by atoms with Crippen LogP contribution in [0.2, 0.25) is 0 Å². The molecule has 1 unspecified atom stereocenters. The van der Waals surface area contributed by atoms with Gasteiger partial charge in [0.25, 0.3) is 5.91 Å². The van der Waals surface area contributed by atoms with Gasteiger partial charge in [-0.3, -0.25) is 9.59 Å². The quantitative estimate of drug-likeness (QED) is 0.266. The van der Waals surface area contributed by atoms with Crippen molar-refractivity contribution in [2.24, 2.45) is 0 Å². The van der Waals surface area contributed by atoms with E-state index < -0.39 is 18.4 Å². The second-order valence-corrected chi connectivity index (χ2v) is 11.2. The second-order valence-electron chi connectivity index (χ2n) is 11.2. The number of hydrogen-bond acceptors (Lipinski definition) is 8. The molecule has 44 heavy (non-hydrogen) atoms. The number of aliphatic hydroxyl groups excluding tert-OH is 1. The van der Waals surface area contributed by atoms with Crippen molar-refractivity contribution in [2.45, 2.75) is 50.3 Å². The van der Waals surface area contributed by atoms with Crippen molar-refractivity contribution in [2.75, 3.05) is 38.9 Å². The van der Waals surface area contributed by atoms with E-state index in [4.69, 9.17) is 14.2 Å². The first-order valence-corrected chi connectivity index (χ1v) is 15.0. The number of rotatable bonds is 9. The summed E-state index contributed by atoms with van der Waals surface area (Å²) in [6.07, 6.45) is 0.605. The highest BCUT2D eigenvalue weighted by molar-refractivity contribution is 6.06. The molecule has 1 N–H and O–H groups in total. The van der Waals surface area contributed by atoms with Crippen LogP contribution in [-0.2, 0) is 14.3 Å². The van der Waals surface area contributed by atoms with Gasteiger partial charge in [0.05, 0.1) is 38.1 Å². The number of hydrogen-bond donors (Lipinski definition) is 1. The number of esters is 1. The maximum absolute atomic E-state index is 14.0. The number of unbranched alkanes of at least 4 members (excludes halogenated alkanes) is 1. The highest BCUT2D eigenvalue weighted by atomic mass is 16.6. The third-order valence-corrected chi connectivity index (χ3v) is 8.73. The molecule has 2 aliphatic heterocycles. The summed E-state index contributed by atoms with van der Waals surface area (Å²) < 4.78 is 22.2. The number of ether oxygens (including phenoxy) is 4. The number of anilines is 1. The molecule has 3 aromatic carbocycles. The van der Waals surface area contributed by atoms with Crippen LogP contribution in [0.1, 0.15) is 59.5 Å². The second kappa shape index (κ2) is 12.6. The highest BCUT2D eigenvalue weighted by Gasteiger charge is 2.45. The lowest BCUT2D eigenvalue weighted by molar-refractivity contribution is -0.140. The standard InChI is InChI=1S/C34H36N2O8/c1-41-29-18-25-28(19-30(29)43-17-8-7-15-31(37)42-2)36(33(39)27-14-9-16-35(27)32(25)38)34(40)44-20-26-23-12-5-3-10-21(23)22-11-4-6-13-24(22)26/h3-6,10-13,18-19,26-27,33,39H,7-9,14-17,20H2,1-2H3/t27-,33?/m0/s1. The van der Waals surface area contributed by atoms with E-state index in [1.165, 1.54) is 19.1 Å². The maximum Gasteiger partial charge on any atom is 0.416 e. The Bertz CT molecular complexity index is 1530. The molecule has 1 saturated heterocycles. The van der Waals surface area contributed by atoms with Crippen molar-refractivity contribution in [3.05, 3.63) is 77.4 Å². The first kappa shape index (κ1) is 29.5. The predicted octanol–water partition coefficient (Wildman–Crippen LogP) is 5.11. The molecule has 10 nitrogen and oxygen atoms in total. The van der Waals surface area contributed by atoms with Crippen LogP contribution < -0.4 is 14.4 Å². The van der Waals surface area contributed by atoms with Gasteiger partial charge in [0, 0.05) is 24.9 Å². The zero-order valence-electron chi connectivity index (χ0n) is 24.9. The minimum atomic E-state index is -1.32. The lowest BCUT2D eigenvalue weighted by atomic mass is 9.98. The molecule has 1 fully saturated rings. The number of nitrogens with zero attached hydrogens (tertiary/aromatic N) is 2. The van der Waals surface area contributed by atoms with Gasteiger partial charge < -0.3 is 29.0 Å². The van der Waals surface area contributed by atoms with Gasteiger partial charge in [0.2, 0.25) is 0 Å². The van der Waals surface area contributed by atoms with E-state index in [1.54, 1.807) is 17.0 Å². The number of fused-ring (bicyclic) bond motifs is 5. The zero-order valence-corrected chi connectivity index (χ0v) is 24.9. The van der Waals surface area contributed by atoms with Gasteiger partial charge in [-0.25, -0.2) is 9.69 Å². The van der Waals surface area contributed by atoms with Gasteiger partial charge in [0.15, 0.2) is 17.7 Å². The third-order valence-electron chi connectivity index (χ3n) is 8.73. The molecule has 0 saturated carbocycles. The largest absolute Gasteiger partial charge is 0.493 e. The fourth-order valence-electron chi connectivity index (χ4n) is 6.54. The zero-order chi connectivity index (χ0) is 30.8. The molecule has 2 amide bonds. The van der Waals surface area contributed by atoms with Gasteiger partial charge in [-0.15, -0.1) is 0 Å². The molecular weight excluding hydrogens is 564 g/mol. The molecule has 3 aliphatic rings. The Morgan fingerprint density at radius 2 is 1.64 bits per heavy atom. The predicted molar refractivity (Wildman–Crippen MR) is 162 cm³/mol. The Morgan fingerprint density at radius 3 is 2.32 bits per heavy atom. The Hall–Kier alpha value is -4.57. The molecule has 6 rings (SSSR count). The molecule has 10 heteroatoms. The van der Waals surface area contributed by atoms with Gasteiger partial charge in [0.1, 0.15) is 6.61 Å². The number of methoxy groups -OCH3 is 2. The molecule has 0 aromatic heterocycles. The summed E-state index contributed by atoms with van der Waals surface area (Å²) in [6.45, 7) is 0.801. The van der Waals surface area contributed by atoms with Gasteiger partial charge in [-0.1, -0.05) is 48.5 Å². The molecule has 0 spiro atoms. The van der Waals surface area contributed by atoms with Crippen LogP contribution >= 0.6 is 0 Å². The van der Waals surface area contributed by atoms with Gasteiger partial charge in [-0.05, 0) is 54.0 Å². The van der Waals surface area contributed by atoms with E-state index in [1.807, 2.05) is 36.4 Å². The topological polar surface area (TPSA) is 115 Å². The summed E-state index contributed by atoms with van der Waals surface area (Å²) >= 11 is 0. The van der Waals surface area contributed by atoms with Crippen molar-refractivity contribution >= 4 is 23.7 Å². The van der Waals surface area contributed by atoms with Crippen molar-refractivity contribution < 1.29 is 38.4 Å². The lowest BCUT2D eigenvalue weighted by Crippen LogP contribution is -2.51. The summed E-state index contributed by atoms with van der Waals surface area (Å²) in [4.78, 5) is 41.9. The maximum atomic E-state index is 14.0. The van der Waals surface area contributed by atoms with Crippen molar-refractivity contribution in [1.82, 2.24) is 4.90 Å². The summed E-state index contributed by atoms with van der Waals surface area (Å²) in [6, 6.07) is 18.7. The number of amides is 2. The normalized spacial score (nSPS) is 18.6. The molecule has 2 heterocycles. The first-order valence-electron chi connectivity index (χ1n) is 15.0. The number of benzene rings is 3.